The highest BCUT2D eigenvalue weighted by Crippen LogP contribution is 2.38. The summed E-state index contributed by atoms with van der Waals surface area (Å²) in [4.78, 5) is 2.44. The molecule has 0 spiro atoms. The van der Waals surface area contributed by atoms with E-state index >= 15 is 0 Å². The molecule has 0 amide bonds. The summed E-state index contributed by atoms with van der Waals surface area (Å²) < 4.78 is 38.0. The summed E-state index contributed by atoms with van der Waals surface area (Å²) in [5, 5.41) is 3.40. The molecule has 2 aromatic rings. The van der Waals surface area contributed by atoms with E-state index in [-0.39, 0.29) is 0 Å². The van der Waals surface area contributed by atoms with E-state index in [1.165, 1.54) is 6.07 Å². The van der Waals surface area contributed by atoms with Gasteiger partial charge in [-0.25, -0.2) is 0 Å². The van der Waals surface area contributed by atoms with Crippen LogP contribution in [0.3, 0.4) is 0 Å². The molecule has 1 heterocycles. The molecule has 0 radical (unpaired) electrons. The van der Waals surface area contributed by atoms with Crippen LogP contribution in [-0.2, 0) is 12.7 Å². The van der Waals surface area contributed by atoms with Gasteiger partial charge in [-0.05, 0) is 36.3 Å². The summed E-state index contributed by atoms with van der Waals surface area (Å²) in [6, 6.07) is 10.4. The van der Waals surface area contributed by atoms with Crippen molar-refractivity contribution in [1.82, 2.24) is 10.2 Å². The molecule has 132 valence electrons. The molecule has 2 nitrogen and oxygen atoms in total. The van der Waals surface area contributed by atoms with Crippen molar-refractivity contribution in [2.24, 2.45) is 0 Å². The Labute approximate surface area is 145 Å². The van der Waals surface area contributed by atoms with Crippen molar-refractivity contribution in [2.75, 3.05) is 26.2 Å². The highest BCUT2D eigenvalue weighted by Gasteiger charge is 2.32. The van der Waals surface area contributed by atoms with Crippen molar-refractivity contribution in [1.29, 1.82) is 0 Å². The number of benzene rings is 1. The minimum Gasteiger partial charge on any atom is -0.311 e. The third-order valence-corrected chi connectivity index (χ3v) is 5.13. The minimum absolute atomic E-state index is 0.556. The van der Waals surface area contributed by atoms with E-state index in [1.807, 2.05) is 24.3 Å². The first-order valence-corrected chi connectivity index (χ1v) is 8.95. The lowest BCUT2D eigenvalue weighted by molar-refractivity contribution is -0.134. The van der Waals surface area contributed by atoms with Crippen molar-refractivity contribution in [2.45, 2.75) is 26.6 Å². The molecule has 2 rings (SSSR count). The van der Waals surface area contributed by atoms with Gasteiger partial charge in [-0.1, -0.05) is 38.1 Å². The van der Waals surface area contributed by atoms with Gasteiger partial charge < -0.3 is 10.2 Å². The number of likely N-dealkylation sites (N-methyl/N-ethyl adjacent to an activating group) is 1. The Bertz CT molecular complexity index is 616. The second kappa shape index (κ2) is 8.65. The summed E-state index contributed by atoms with van der Waals surface area (Å²) in [5.41, 5.74) is 1.95. The quantitative estimate of drug-likeness (QED) is 0.679. The SMILES string of the molecule is CCN(CC)CCNCc1ccc(-c2ccc(C(F)(F)F)s2)cc1. The lowest BCUT2D eigenvalue weighted by Gasteiger charge is -2.18. The van der Waals surface area contributed by atoms with Crippen LogP contribution in [-0.4, -0.2) is 31.1 Å². The zero-order chi connectivity index (χ0) is 17.6. The van der Waals surface area contributed by atoms with E-state index in [0.29, 0.717) is 4.88 Å². The van der Waals surface area contributed by atoms with E-state index in [1.54, 1.807) is 0 Å². The Morgan fingerprint density at radius 2 is 1.67 bits per heavy atom. The highest BCUT2D eigenvalue weighted by molar-refractivity contribution is 7.15. The van der Waals surface area contributed by atoms with Crippen molar-refractivity contribution in [3.8, 4) is 10.4 Å². The molecule has 0 saturated heterocycles. The first-order valence-electron chi connectivity index (χ1n) is 8.13. The van der Waals surface area contributed by atoms with Gasteiger partial charge in [0, 0.05) is 24.5 Å². The summed E-state index contributed by atoms with van der Waals surface area (Å²) in [6.45, 7) is 9.10. The molecule has 0 bridgehead atoms. The van der Waals surface area contributed by atoms with Crippen LogP contribution < -0.4 is 5.32 Å². The van der Waals surface area contributed by atoms with Crippen molar-refractivity contribution in [3.63, 3.8) is 0 Å². The number of alkyl halides is 3. The van der Waals surface area contributed by atoms with Crippen LogP contribution in [0, 0.1) is 0 Å². The highest BCUT2D eigenvalue weighted by atomic mass is 32.1. The molecule has 0 fully saturated rings. The van der Waals surface area contributed by atoms with Crippen LogP contribution in [0.5, 0.6) is 0 Å². The topological polar surface area (TPSA) is 15.3 Å². The van der Waals surface area contributed by atoms with Gasteiger partial charge in [-0.15, -0.1) is 11.3 Å². The molecule has 0 atom stereocenters. The molecular formula is C18H23F3N2S. The average Bonchev–Trinajstić information content (AvgIpc) is 3.06. The molecule has 1 aromatic carbocycles. The predicted molar refractivity (Wildman–Crippen MR) is 94.3 cm³/mol. The van der Waals surface area contributed by atoms with Gasteiger partial charge in [0.2, 0.25) is 0 Å². The number of nitrogens with zero attached hydrogens (tertiary/aromatic N) is 1. The van der Waals surface area contributed by atoms with Gasteiger partial charge in [-0.3, -0.25) is 0 Å². The van der Waals surface area contributed by atoms with E-state index in [2.05, 4.69) is 24.1 Å². The Hall–Kier alpha value is -1.37. The molecule has 24 heavy (non-hydrogen) atoms. The Morgan fingerprint density at radius 1 is 1.00 bits per heavy atom. The Kier molecular flexibility index (Phi) is 6.83. The average molecular weight is 356 g/mol. The number of hydrogen-bond acceptors (Lipinski definition) is 3. The second-order valence-corrected chi connectivity index (χ2v) is 6.65. The number of rotatable bonds is 8. The van der Waals surface area contributed by atoms with Gasteiger partial charge in [-0.2, -0.15) is 13.2 Å². The largest absolute Gasteiger partial charge is 0.425 e. The van der Waals surface area contributed by atoms with Crippen LogP contribution in [0.2, 0.25) is 0 Å². The molecule has 0 aliphatic rings. The number of thiophene rings is 1. The van der Waals surface area contributed by atoms with Gasteiger partial charge in [0.15, 0.2) is 0 Å². The number of hydrogen-bond donors (Lipinski definition) is 1. The lowest BCUT2D eigenvalue weighted by atomic mass is 10.1. The molecule has 0 saturated carbocycles. The molecule has 1 N–H and O–H groups in total. The van der Waals surface area contributed by atoms with Gasteiger partial charge in [0.1, 0.15) is 4.88 Å². The molecule has 6 heteroatoms. The monoisotopic (exact) mass is 356 g/mol. The van der Waals surface area contributed by atoms with Crippen molar-refractivity contribution in [3.05, 3.63) is 46.8 Å². The van der Waals surface area contributed by atoms with Gasteiger partial charge in [0.25, 0.3) is 0 Å². The Morgan fingerprint density at radius 3 is 2.21 bits per heavy atom. The standard InChI is InChI=1S/C18H23F3N2S/c1-3-23(4-2)12-11-22-13-14-5-7-15(8-6-14)16-9-10-17(24-16)18(19,20)21/h5-10,22H,3-4,11-13H2,1-2H3. The maximum absolute atomic E-state index is 12.7. The maximum atomic E-state index is 12.7. The van der Waals surface area contributed by atoms with E-state index in [4.69, 9.17) is 0 Å². The first kappa shape index (κ1) is 19.0. The smallest absolute Gasteiger partial charge is 0.311 e. The molecule has 1 aromatic heterocycles. The van der Waals surface area contributed by atoms with Crippen LogP contribution in [0.4, 0.5) is 13.2 Å². The fourth-order valence-corrected chi connectivity index (χ4v) is 3.32. The van der Waals surface area contributed by atoms with E-state index < -0.39 is 11.1 Å². The van der Waals surface area contributed by atoms with Crippen LogP contribution in [0.15, 0.2) is 36.4 Å². The number of nitrogens with one attached hydrogen (secondary N) is 1. The predicted octanol–water partition coefficient (Wildman–Crippen LogP) is 4.87. The summed E-state index contributed by atoms with van der Waals surface area (Å²) in [5.74, 6) is 0. The van der Waals surface area contributed by atoms with Crippen LogP contribution in [0.1, 0.15) is 24.3 Å². The zero-order valence-electron chi connectivity index (χ0n) is 14.0. The number of halogens is 3. The van der Waals surface area contributed by atoms with E-state index in [0.717, 1.165) is 61.3 Å². The van der Waals surface area contributed by atoms with Crippen LogP contribution in [0.25, 0.3) is 10.4 Å². The van der Waals surface area contributed by atoms with Gasteiger partial charge in [0.05, 0.1) is 0 Å². The molecule has 0 unspecified atom stereocenters. The second-order valence-electron chi connectivity index (χ2n) is 5.56. The first-order chi connectivity index (χ1) is 11.4. The summed E-state index contributed by atoms with van der Waals surface area (Å²) in [6.07, 6.45) is -4.27. The normalized spacial score (nSPS) is 12.1. The van der Waals surface area contributed by atoms with E-state index in [9.17, 15) is 13.2 Å². The lowest BCUT2D eigenvalue weighted by Crippen LogP contribution is -2.31. The minimum atomic E-state index is -4.27. The zero-order valence-corrected chi connectivity index (χ0v) is 14.8. The molecular weight excluding hydrogens is 333 g/mol. The summed E-state index contributed by atoms with van der Waals surface area (Å²) in [7, 11) is 0. The third kappa shape index (κ3) is 5.33. The fraction of sp³-hybridized carbons (Fsp3) is 0.444. The van der Waals surface area contributed by atoms with Gasteiger partial charge >= 0.3 is 6.18 Å². The molecule has 0 aliphatic heterocycles. The van der Waals surface area contributed by atoms with Crippen molar-refractivity contribution < 1.29 is 13.2 Å². The maximum Gasteiger partial charge on any atom is 0.425 e. The van der Waals surface area contributed by atoms with Crippen molar-refractivity contribution >= 4 is 11.3 Å². The third-order valence-electron chi connectivity index (χ3n) is 3.95. The Balaban J connectivity index is 1.88. The fourth-order valence-electron chi connectivity index (χ4n) is 2.44. The summed E-state index contributed by atoms with van der Waals surface area (Å²) >= 11 is 0.782. The van der Waals surface area contributed by atoms with Crippen LogP contribution >= 0.6 is 11.3 Å². The molecule has 0 aliphatic carbocycles.